The minimum absolute atomic E-state index is 0.000864. The van der Waals surface area contributed by atoms with Gasteiger partial charge in [-0.2, -0.15) is 0 Å². The van der Waals surface area contributed by atoms with Crippen LogP contribution in [0, 0.1) is 13.8 Å². The van der Waals surface area contributed by atoms with E-state index >= 15 is 0 Å². The van der Waals surface area contributed by atoms with E-state index in [1.165, 1.54) is 16.2 Å². The van der Waals surface area contributed by atoms with Gasteiger partial charge in [0.25, 0.3) is 5.78 Å². The average molecular weight is 589 g/mol. The Bertz CT molecular complexity index is 1960. The van der Waals surface area contributed by atoms with E-state index in [0.717, 1.165) is 32.7 Å². The molecule has 0 aliphatic carbocycles. The number of anilines is 1. The number of ketones is 1. The van der Waals surface area contributed by atoms with E-state index in [2.05, 4.69) is 0 Å². The Hall–Kier alpha value is -4.95. The number of aryl methyl sites for hydroxylation is 2. The van der Waals surface area contributed by atoms with Crippen LogP contribution >= 0.6 is 11.3 Å². The third-order valence-electron chi connectivity index (χ3n) is 7.79. The molecule has 1 amide bonds. The Morgan fingerprint density at radius 3 is 2.58 bits per heavy atom. The molecule has 5 aromatic rings. The van der Waals surface area contributed by atoms with Crippen LogP contribution in [0.3, 0.4) is 0 Å². The number of aliphatic hydroxyl groups is 1. The molecule has 0 bridgehead atoms. The first kappa shape index (κ1) is 26.9. The SMILES string of the molecule is Cc1cc(C)c2nc(N3C(=O)C(=O)/C(=C(/O)c4ccc5c(c4)CC(C)O5)C3c3cccc(Oc4ccccc4)c3)sc2c1. The number of carbonyl (C=O) groups excluding carboxylic acids is 2. The molecule has 3 heterocycles. The Labute approximate surface area is 252 Å². The standard InChI is InChI=1S/C35H28N2O5S/c1-19-14-20(2)30-28(15-19)43-35(36-30)37-31(22-8-7-11-26(18-22)42-25-9-5-4-6-10-25)29(33(39)34(37)40)32(38)23-12-13-27-24(17-23)16-21(3)41-27/h4-15,17-18,21,31,38H,16H2,1-3H3/b32-29+. The first-order valence-corrected chi connectivity index (χ1v) is 14.9. The summed E-state index contributed by atoms with van der Waals surface area (Å²) in [7, 11) is 0. The van der Waals surface area contributed by atoms with Crippen LogP contribution in [0.4, 0.5) is 5.13 Å². The van der Waals surface area contributed by atoms with Crippen molar-refractivity contribution >= 4 is 44.1 Å². The van der Waals surface area contributed by atoms with Crippen LogP contribution in [0.1, 0.15) is 40.8 Å². The van der Waals surface area contributed by atoms with Gasteiger partial charge in [-0.05, 0) is 91.6 Å². The Morgan fingerprint density at radius 2 is 1.77 bits per heavy atom. The van der Waals surface area contributed by atoms with Gasteiger partial charge in [0.15, 0.2) is 5.13 Å². The lowest BCUT2D eigenvalue weighted by molar-refractivity contribution is -0.132. The largest absolute Gasteiger partial charge is 0.507 e. The van der Waals surface area contributed by atoms with E-state index in [-0.39, 0.29) is 17.4 Å². The summed E-state index contributed by atoms with van der Waals surface area (Å²) in [6, 6.07) is 25.1. The summed E-state index contributed by atoms with van der Waals surface area (Å²) in [6.45, 7) is 5.97. The number of ether oxygens (including phenoxy) is 2. The second kappa shape index (κ2) is 10.4. The van der Waals surface area contributed by atoms with Crippen molar-refractivity contribution in [3.8, 4) is 17.2 Å². The number of hydrogen-bond donors (Lipinski definition) is 1. The maximum Gasteiger partial charge on any atom is 0.301 e. The Balaban J connectivity index is 1.39. The summed E-state index contributed by atoms with van der Waals surface area (Å²) in [4.78, 5) is 33.9. The highest BCUT2D eigenvalue weighted by atomic mass is 32.1. The van der Waals surface area contributed by atoms with Crippen molar-refractivity contribution in [1.82, 2.24) is 4.98 Å². The van der Waals surface area contributed by atoms with E-state index in [4.69, 9.17) is 14.5 Å². The van der Waals surface area contributed by atoms with Crippen LogP contribution in [-0.4, -0.2) is 27.9 Å². The lowest BCUT2D eigenvalue weighted by Crippen LogP contribution is -2.29. The van der Waals surface area contributed by atoms with E-state index < -0.39 is 17.7 Å². The molecule has 7 nitrogen and oxygen atoms in total. The van der Waals surface area contributed by atoms with E-state index in [1.54, 1.807) is 18.2 Å². The van der Waals surface area contributed by atoms with Crippen molar-refractivity contribution in [2.75, 3.05) is 4.90 Å². The van der Waals surface area contributed by atoms with Gasteiger partial charge in [0, 0.05) is 12.0 Å². The third-order valence-corrected chi connectivity index (χ3v) is 8.79. The predicted molar refractivity (Wildman–Crippen MR) is 167 cm³/mol. The molecule has 1 N–H and O–H groups in total. The van der Waals surface area contributed by atoms with E-state index in [1.807, 2.05) is 87.5 Å². The molecule has 0 saturated carbocycles. The van der Waals surface area contributed by atoms with E-state index in [9.17, 15) is 14.7 Å². The van der Waals surface area contributed by atoms with Crippen LogP contribution in [0.2, 0.25) is 0 Å². The molecule has 2 aliphatic heterocycles. The lowest BCUT2D eigenvalue weighted by atomic mass is 9.94. The predicted octanol–water partition coefficient (Wildman–Crippen LogP) is 7.66. The van der Waals surface area contributed by atoms with Crippen molar-refractivity contribution in [3.05, 3.63) is 118 Å². The van der Waals surface area contributed by atoms with Gasteiger partial charge >= 0.3 is 5.91 Å². The molecule has 0 spiro atoms. The van der Waals surface area contributed by atoms with Crippen LogP contribution in [0.15, 0.2) is 90.5 Å². The number of para-hydroxylation sites is 1. The second-order valence-electron chi connectivity index (χ2n) is 11.0. The number of Topliss-reactive ketones (excluding diaryl/α,β-unsaturated/α-hetero) is 1. The van der Waals surface area contributed by atoms with Gasteiger partial charge < -0.3 is 14.6 Å². The summed E-state index contributed by atoms with van der Waals surface area (Å²) >= 11 is 1.35. The van der Waals surface area contributed by atoms with Crippen LogP contribution in [0.25, 0.3) is 16.0 Å². The Kier molecular flexibility index (Phi) is 6.51. The van der Waals surface area contributed by atoms with E-state index in [0.29, 0.717) is 34.2 Å². The van der Waals surface area contributed by atoms with Gasteiger partial charge in [0.1, 0.15) is 29.1 Å². The van der Waals surface area contributed by atoms with Crippen LogP contribution in [-0.2, 0) is 16.0 Å². The van der Waals surface area contributed by atoms with Gasteiger partial charge in [-0.1, -0.05) is 47.7 Å². The number of aliphatic hydroxyl groups excluding tert-OH is 1. The second-order valence-corrected chi connectivity index (χ2v) is 12.0. The normalized spacial score (nSPS) is 19.1. The highest BCUT2D eigenvalue weighted by molar-refractivity contribution is 7.22. The molecular formula is C35H28N2O5S. The number of nitrogens with zero attached hydrogens (tertiary/aromatic N) is 2. The van der Waals surface area contributed by atoms with Crippen molar-refractivity contribution in [2.24, 2.45) is 0 Å². The first-order chi connectivity index (χ1) is 20.8. The maximum absolute atomic E-state index is 13.8. The third kappa shape index (κ3) is 4.73. The van der Waals surface area contributed by atoms with Crippen molar-refractivity contribution in [3.63, 3.8) is 0 Å². The fraction of sp³-hybridized carbons (Fsp3) is 0.171. The molecule has 2 atom stereocenters. The molecule has 8 heteroatoms. The molecular weight excluding hydrogens is 560 g/mol. The molecule has 2 unspecified atom stereocenters. The summed E-state index contributed by atoms with van der Waals surface area (Å²) in [5.41, 5.74) is 4.85. The zero-order valence-corrected chi connectivity index (χ0v) is 24.6. The first-order valence-electron chi connectivity index (χ1n) is 14.1. The van der Waals surface area contributed by atoms with Crippen molar-refractivity contribution in [2.45, 2.75) is 39.3 Å². The molecule has 4 aromatic carbocycles. The quantitative estimate of drug-likeness (QED) is 0.129. The highest BCUT2D eigenvalue weighted by Crippen LogP contribution is 2.46. The monoisotopic (exact) mass is 588 g/mol. The van der Waals surface area contributed by atoms with Crippen LogP contribution in [0.5, 0.6) is 17.2 Å². The number of benzene rings is 4. The van der Waals surface area contributed by atoms with Gasteiger partial charge in [0.2, 0.25) is 0 Å². The molecule has 0 radical (unpaired) electrons. The van der Waals surface area contributed by atoms with Gasteiger partial charge in [-0.15, -0.1) is 0 Å². The number of amides is 1. The number of hydrogen-bond acceptors (Lipinski definition) is 7. The molecule has 7 rings (SSSR count). The zero-order valence-electron chi connectivity index (χ0n) is 23.8. The molecule has 43 heavy (non-hydrogen) atoms. The average Bonchev–Trinajstić information content (AvgIpc) is 3.66. The van der Waals surface area contributed by atoms with Gasteiger partial charge in [-0.3, -0.25) is 14.5 Å². The van der Waals surface area contributed by atoms with Gasteiger partial charge in [0.05, 0.1) is 21.8 Å². The Morgan fingerprint density at radius 1 is 0.977 bits per heavy atom. The number of fused-ring (bicyclic) bond motifs is 2. The summed E-state index contributed by atoms with van der Waals surface area (Å²) < 4.78 is 12.8. The maximum atomic E-state index is 13.8. The number of aromatic nitrogens is 1. The minimum atomic E-state index is -0.926. The summed E-state index contributed by atoms with van der Waals surface area (Å²) in [5, 5.41) is 12.1. The van der Waals surface area contributed by atoms with Crippen molar-refractivity contribution in [1.29, 1.82) is 0 Å². The highest BCUT2D eigenvalue weighted by Gasteiger charge is 2.48. The number of carbonyl (C=O) groups is 2. The van der Waals surface area contributed by atoms with Crippen LogP contribution < -0.4 is 14.4 Å². The fourth-order valence-electron chi connectivity index (χ4n) is 5.90. The minimum Gasteiger partial charge on any atom is -0.507 e. The smallest absolute Gasteiger partial charge is 0.301 e. The number of thiazole rings is 1. The summed E-state index contributed by atoms with van der Waals surface area (Å²) in [6.07, 6.45) is 0.717. The molecule has 1 fully saturated rings. The summed E-state index contributed by atoms with van der Waals surface area (Å²) in [5.74, 6) is 0.193. The van der Waals surface area contributed by atoms with Crippen molar-refractivity contribution < 1.29 is 24.2 Å². The lowest BCUT2D eigenvalue weighted by Gasteiger charge is -2.23. The molecule has 214 valence electrons. The molecule has 1 saturated heterocycles. The molecule has 1 aromatic heterocycles. The topological polar surface area (TPSA) is 89.0 Å². The van der Waals surface area contributed by atoms with Gasteiger partial charge in [-0.25, -0.2) is 4.98 Å². The zero-order chi connectivity index (χ0) is 29.8. The number of rotatable bonds is 5. The fourth-order valence-corrected chi connectivity index (χ4v) is 7.07. The molecule has 2 aliphatic rings.